The topological polar surface area (TPSA) is 57.0 Å². The number of hydrogen-bond acceptors (Lipinski definition) is 5. The molecule has 6 heteroatoms. The van der Waals surface area contributed by atoms with Gasteiger partial charge in [0.25, 0.3) is 0 Å². The van der Waals surface area contributed by atoms with Crippen molar-refractivity contribution in [3.63, 3.8) is 0 Å². The molecule has 0 radical (unpaired) electrons. The maximum Gasteiger partial charge on any atom is 0.349 e. The molecule has 0 unspecified atom stereocenters. The largest absolute Gasteiger partial charge is 0.465 e. The SMILES string of the molecule is COC(=O)c1snc(-c2cccc3nn(C)cc23)c1C1CC1. The van der Waals surface area contributed by atoms with Crippen molar-refractivity contribution in [2.24, 2.45) is 7.05 Å². The molecule has 5 nitrogen and oxygen atoms in total. The number of rotatable bonds is 3. The predicted molar refractivity (Wildman–Crippen MR) is 85.1 cm³/mol. The Labute approximate surface area is 131 Å². The van der Waals surface area contributed by atoms with E-state index in [4.69, 9.17) is 4.74 Å². The monoisotopic (exact) mass is 313 g/mol. The lowest BCUT2D eigenvalue weighted by Gasteiger charge is -2.05. The second-order valence-electron chi connectivity index (χ2n) is 5.58. The molecule has 1 saturated carbocycles. The molecule has 0 N–H and O–H groups in total. The van der Waals surface area contributed by atoms with Crippen molar-refractivity contribution in [2.45, 2.75) is 18.8 Å². The van der Waals surface area contributed by atoms with E-state index < -0.39 is 0 Å². The number of aryl methyl sites for hydroxylation is 1. The summed E-state index contributed by atoms with van der Waals surface area (Å²) in [5, 5.41) is 5.51. The summed E-state index contributed by atoms with van der Waals surface area (Å²) in [6.07, 6.45) is 4.22. The zero-order valence-electron chi connectivity index (χ0n) is 12.4. The maximum absolute atomic E-state index is 12.0. The Morgan fingerprint density at radius 3 is 2.95 bits per heavy atom. The highest BCUT2D eigenvalue weighted by atomic mass is 32.1. The molecule has 2 aromatic heterocycles. The molecule has 1 aliphatic rings. The van der Waals surface area contributed by atoms with E-state index in [9.17, 15) is 4.79 Å². The van der Waals surface area contributed by atoms with Crippen LogP contribution in [-0.2, 0) is 11.8 Å². The molecule has 22 heavy (non-hydrogen) atoms. The van der Waals surface area contributed by atoms with Crippen molar-refractivity contribution >= 4 is 28.4 Å². The Kier molecular flexibility index (Phi) is 3.00. The van der Waals surface area contributed by atoms with Crippen molar-refractivity contribution in [1.82, 2.24) is 14.2 Å². The van der Waals surface area contributed by atoms with E-state index in [0.717, 1.165) is 40.6 Å². The highest BCUT2D eigenvalue weighted by Crippen LogP contribution is 2.48. The molecule has 1 fully saturated rings. The van der Waals surface area contributed by atoms with Gasteiger partial charge in [0.1, 0.15) is 4.88 Å². The van der Waals surface area contributed by atoms with Gasteiger partial charge in [-0.25, -0.2) is 4.79 Å². The summed E-state index contributed by atoms with van der Waals surface area (Å²) in [5.41, 5.74) is 3.94. The lowest BCUT2D eigenvalue weighted by Crippen LogP contribution is -2.01. The zero-order chi connectivity index (χ0) is 15.3. The van der Waals surface area contributed by atoms with Crippen LogP contribution in [0.2, 0.25) is 0 Å². The lowest BCUT2D eigenvalue weighted by atomic mass is 10.00. The molecule has 112 valence electrons. The smallest absolute Gasteiger partial charge is 0.349 e. The summed E-state index contributed by atoms with van der Waals surface area (Å²) in [5.74, 6) is 0.138. The highest BCUT2D eigenvalue weighted by molar-refractivity contribution is 7.08. The summed E-state index contributed by atoms with van der Waals surface area (Å²) < 4.78 is 11.3. The zero-order valence-corrected chi connectivity index (χ0v) is 13.2. The Bertz CT molecular complexity index is 877. The first kappa shape index (κ1) is 13.5. The summed E-state index contributed by atoms with van der Waals surface area (Å²) in [6.45, 7) is 0. The third kappa shape index (κ3) is 2.02. The third-order valence-corrected chi connectivity index (χ3v) is 4.85. The van der Waals surface area contributed by atoms with Crippen LogP contribution >= 0.6 is 11.5 Å². The molecule has 0 saturated heterocycles. The summed E-state index contributed by atoms with van der Waals surface area (Å²) in [4.78, 5) is 12.7. The van der Waals surface area contributed by atoms with Crippen LogP contribution in [0.5, 0.6) is 0 Å². The summed E-state index contributed by atoms with van der Waals surface area (Å²) in [7, 11) is 3.33. The number of aromatic nitrogens is 3. The first-order valence-corrected chi connectivity index (χ1v) is 7.97. The van der Waals surface area contributed by atoms with Crippen molar-refractivity contribution in [2.75, 3.05) is 7.11 Å². The minimum atomic E-state index is -0.288. The van der Waals surface area contributed by atoms with E-state index in [1.54, 1.807) is 4.68 Å². The van der Waals surface area contributed by atoms with E-state index in [-0.39, 0.29) is 5.97 Å². The van der Waals surface area contributed by atoms with Gasteiger partial charge < -0.3 is 4.74 Å². The predicted octanol–water partition coefficient (Wildman–Crippen LogP) is 3.36. The molecular formula is C16H15N3O2S. The van der Waals surface area contributed by atoms with Crippen molar-refractivity contribution < 1.29 is 9.53 Å². The molecule has 3 aromatic rings. The van der Waals surface area contributed by atoms with Gasteiger partial charge in [0.2, 0.25) is 0 Å². The van der Waals surface area contributed by atoms with E-state index in [1.165, 1.54) is 18.6 Å². The molecule has 0 amide bonds. The number of hydrogen-bond donors (Lipinski definition) is 0. The number of ether oxygens (including phenoxy) is 1. The van der Waals surface area contributed by atoms with Crippen LogP contribution in [0.25, 0.3) is 22.2 Å². The standard InChI is InChI=1S/C16H15N3O2S/c1-19-8-11-10(4-3-5-12(11)17-19)14-13(9-6-7-9)15(22-18-14)16(20)21-2/h3-5,8-9H,6-7H2,1-2H3. The lowest BCUT2D eigenvalue weighted by molar-refractivity contribution is 0.0605. The van der Waals surface area contributed by atoms with Gasteiger partial charge >= 0.3 is 5.97 Å². The number of nitrogens with zero attached hydrogens (tertiary/aromatic N) is 3. The second-order valence-corrected chi connectivity index (χ2v) is 6.35. The number of benzene rings is 1. The number of carbonyl (C=O) groups is 1. The van der Waals surface area contributed by atoms with Gasteiger partial charge in [-0.3, -0.25) is 4.68 Å². The number of esters is 1. The molecule has 0 aliphatic heterocycles. The van der Waals surface area contributed by atoms with E-state index in [1.807, 2.05) is 31.4 Å². The van der Waals surface area contributed by atoms with E-state index in [2.05, 4.69) is 9.47 Å². The Morgan fingerprint density at radius 1 is 1.41 bits per heavy atom. The van der Waals surface area contributed by atoms with Crippen LogP contribution in [0.1, 0.15) is 34.0 Å². The van der Waals surface area contributed by atoms with Crippen LogP contribution in [0, 0.1) is 0 Å². The first-order chi connectivity index (χ1) is 10.7. The van der Waals surface area contributed by atoms with Crippen LogP contribution in [0.3, 0.4) is 0 Å². The van der Waals surface area contributed by atoms with Crippen LogP contribution < -0.4 is 0 Å². The fraction of sp³-hybridized carbons (Fsp3) is 0.312. The summed E-state index contributed by atoms with van der Waals surface area (Å²) >= 11 is 1.24. The van der Waals surface area contributed by atoms with Crippen molar-refractivity contribution in [3.8, 4) is 11.3 Å². The van der Waals surface area contributed by atoms with Crippen LogP contribution in [0.15, 0.2) is 24.4 Å². The molecular weight excluding hydrogens is 298 g/mol. The minimum absolute atomic E-state index is 0.288. The van der Waals surface area contributed by atoms with Crippen LogP contribution in [-0.4, -0.2) is 27.2 Å². The number of fused-ring (bicyclic) bond motifs is 1. The second kappa shape index (κ2) is 4.91. The fourth-order valence-corrected chi connectivity index (χ4v) is 3.75. The van der Waals surface area contributed by atoms with Gasteiger partial charge in [0.05, 0.1) is 18.3 Å². The van der Waals surface area contributed by atoms with Gasteiger partial charge in [-0.15, -0.1) is 0 Å². The average Bonchev–Trinajstić information content (AvgIpc) is 3.14. The molecule has 0 bridgehead atoms. The average molecular weight is 313 g/mol. The van der Waals surface area contributed by atoms with E-state index >= 15 is 0 Å². The quantitative estimate of drug-likeness (QED) is 0.696. The number of carbonyl (C=O) groups excluding carboxylic acids is 1. The molecule has 0 atom stereocenters. The Balaban J connectivity index is 1.95. The minimum Gasteiger partial charge on any atom is -0.465 e. The van der Waals surface area contributed by atoms with Gasteiger partial charge in [-0.2, -0.15) is 9.47 Å². The Hall–Kier alpha value is -2.21. The van der Waals surface area contributed by atoms with Gasteiger partial charge in [0.15, 0.2) is 0 Å². The maximum atomic E-state index is 12.0. The molecule has 1 aromatic carbocycles. The third-order valence-electron chi connectivity index (χ3n) is 4.00. The van der Waals surface area contributed by atoms with Crippen LogP contribution in [0.4, 0.5) is 0 Å². The molecule has 1 aliphatic carbocycles. The Morgan fingerprint density at radius 2 is 2.23 bits per heavy atom. The normalized spacial score (nSPS) is 14.5. The van der Waals surface area contributed by atoms with Crippen molar-refractivity contribution in [1.29, 1.82) is 0 Å². The van der Waals surface area contributed by atoms with Crippen molar-refractivity contribution in [3.05, 3.63) is 34.8 Å². The van der Waals surface area contributed by atoms with Gasteiger partial charge in [-0.1, -0.05) is 12.1 Å². The highest BCUT2D eigenvalue weighted by Gasteiger charge is 2.34. The fourth-order valence-electron chi connectivity index (χ4n) is 2.85. The molecule has 2 heterocycles. The van der Waals surface area contributed by atoms with Gasteiger partial charge in [-0.05, 0) is 36.4 Å². The first-order valence-electron chi connectivity index (χ1n) is 7.19. The van der Waals surface area contributed by atoms with Gasteiger partial charge in [0, 0.05) is 29.8 Å². The van der Waals surface area contributed by atoms with E-state index in [0.29, 0.717) is 10.8 Å². The summed E-state index contributed by atoms with van der Waals surface area (Å²) in [6, 6.07) is 6.02. The number of methoxy groups -OCH3 is 1. The molecule has 0 spiro atoms. The molecule has 4 rings (SSSR count).